The Labute approximate surface area is 169 Å². The van der Waals surface area contributed by atoms with E-state index in [-0.39, 0.29) is 13.2 Å². The van der Waals surface area contributed by atoms with Crippen molar-refractivity contribution in [1.29, 1.82) is 0 Å². The number of benzene rings is 1. The van der Waals surface area contributed by atoms with Crippen LogP contribution in [-0.2, 0) is 20.7 Å². The first-order valence-electron chi connectivity index (χ1n) is 9.91. The van der Waals surface area contributed by atoms with E-state index < -0.39 is 30.1 Å². The fourth-order valence-corrected chi connectivity index (χ4v) is 4.07. The number of aliphatic imine (C=N–C) groups is 1. The summed E-state index contributed by atoms with van der Waals surface area (Å²) in [6.07, 6.45) is 0.371. The highest BCUT2D eigenvalue weighted by atomic mass is 16.5. The molecule has 0 aromatic heterocycles. The molecular weight excluding hydrogens is 374 g/mol. The van der Waals surface area contributed by atoms with Crippen molar-refractivity contribution in [2.75, 3.05) is 38.2 Å². The minimum absolute atomic E-state index is 0.197. The number of hydrogen-bond donors (Lipinski definition) is 0. The summed E-state index contributed by atoms with van der Waals surface area (Å²) in [5.74, 6) is -0.317. The number of anilines is 1. The normalized spacial score (nSPS) is 23.3. The number of nitrogens with zero attached hydrogens (tertiary/aromatic N) is 5. The first-order chi connectivity index (χ1) is 14.0. The molecule has 3 amide bonds. The summed E-state index contributed by atoms with van der Waals surface area (Å²) < 4.78 is 4.91. The van der Waals surface area contributed by atoms with Crippen molar-refractivity contribution in [3.05, 3.63) is 29.8 Å². The van der Waals surface area contributed by atoms with E-state index in [9.17, 15) is 14.4 Å². The number of carbonyl (C=O) groups is 3. The molecule has 3 heterocycles. The molecule has 1 aromatic rings. The molecule has 2 atom stereocenters. The van der Waals surface area contributed by atoms with Gasteiger partial charge in [-0.3, -0.25) is 14.5 Å². The van der Waals surface area contributed by atoms with Crippen LogP contribution < -0.4 is 4.90 Å². The number of ether oxygens (including phenoxy) is 1. The maximum Gasteiger partial charge on any atom is 0.328 e. The highest BCUT2D eigenvalue weighted by Crippen LogP contribution is 2.33. The zero-order chi connectivity index (χ0) is 20.7. The molecule has 3 aliphatic rings. The van der Waals surface area contributed by atoms with E-state index in [0.717, 1.165) is 17.0 Å². The van der Waals surface area contributed by atoms with Gasteiger partial charge in [0.15, 0.2) is 12.2 Å². The van der Waals surface area contributed by atoms with Crippen LogP contribution in [0.3, 0.4) is 0 Å². The Morgan fingerprint density at radius 3 is 2.55 bits per heavy atom. The Balaban J connectivity index is 1.59. The molecule has 9 nitrogen and oxygen atoms in total. The van der Waals surface area contributed by atoms with Gasteiger partial charge in [-0.15, -0.1) is 0 Å². The summed E-state index contributed by atoms with van der Waals surface area (Å²) in [5.41, 5.74) is 2.26. The molecule has 0 N–H and O–H groups in total. The van der Waals surface area contributed by atoms with Gasteiger partial charge in [-0.05, 0) is 31.0 Å². The van der Waals surface area contributed by atoms with Crippen LogP contribution in [0.25, 0.3) is 0 Å². The Bertz CT molecular complexity index is 868. The number of guanidine groups is 1. The second kappa shape index (κ2) is 7.38. The minimum Gasteiger partial charge on any atom is -0.465 e. The van der Waals surface area contributed by atoms with Crippen LogP contribution in [0, 0.1) is 0 Å². The van der Waals surface area contributed by atoms with Crippen molar-refractivity contribution in [2.24, 2.45) is 4.99 Å². The molecule has 2 fully saturated rings. The molecule has 0 radical (unpaired) electrons. The van der Waals surface area contributed by atoms with Crippen LogP contribution in [0.2, 0.25) is 0 Å². The zero-order valence-electron chi connectivity index (χ0n) is 16.9. The molecule has 3 aliphatic heterocycles. The smallest absolute Gasteiger partial charge is 0.328 e. The molecule has 0 saturated carbocycles. The van der Waals surface area contributed by atoms with E-state index in [0.29, 0.717) is 19.0 Å². The number of carbonyl (C=O) groups excluding carboxylic acids is 3. The molecule has 4 rings (SSSR count). The summed E-state index contributed by atoms with van der Waals surface area (Å²) in [4.78, 5) is 48.8. The van der Waals surface area contributed by atoms with Crippen LogP contribution in [0.15, 0.2) is 29.3 Å². The summed E-state index contributed by atoms with van der Waals surface area (Å²) in [7, 11) is 1.61. The third-order valence-electron chi connectivity index (χ3n) is 5.63. The van der Waals surface area contributed by atoms with E-state index >= 15 is 0 Å². The Hall–Kier alpha value is -3.10. The SMILES string of the molecule is CCOC(=O)CN1C(=O)C2C(N=C3N(c4ccc(CC)cc4)CCN32)N(C)C1=O. The highest BCUT2D eigenvalue weighted by Gasteiger charge is 2.55. The molecule has 0 aliphatic carbocycles. The average Bonchev–Trinajstić information content (AvgIpc) is 3.29. The van der Waals surface area contributed by atoms with Crippen molar-refractivity contribution < 1.29 is 19.1 Å². The third-order valence-corrected chi connectivity index (χ3v) is 5.63. The number of imide groups is 1. The van der Waals surface area contributed by atoms with Gasteiger partial charge >= 0.3 is 12.0 Å². The molecule has 154 valence electrons. The number of urea groups is 1. The number of hydrogen-bond acceptors (Lipinski definition) is 7. The lowest BCUT2D eigenvalue weighted by Crippen LogP contribution is -2.65. The van der Waals surface area contributed by atoms with Gasteiger partial charge in [0.1, 0.15) is 6.54 Å². The predicted octanol–water partition coefficient (Wildman–Crippen LogP) is 0.892. The third kappa shape index (κ3) is 3.10. The van der Waals surface area contributed by atoms with Crippen molar-refractivity contribution in [3.63, 3.8) is 0 Å². The monoisotopic (exact) mass is 399 g/mol. The van der Waals surface area contributed by atoms with E-state index in [1.165, 1.54) is 10.5 Å². The maximum atomic E-state index is 13.1. The van der Waals surface area contributed by atoms with Crippen LogP contribution >= 0.6 is 0 Å². The Kier molecular flexibility index (Phi) is 4.89. The Morgan fingerprint density at radius 1 is 1.17 bits per heavy atom. The van der Waals surface area contributed by atoms with Crippen molar-refractivity contribution in [2.45, 2.75) is 32.5 Å². The highest BCUT2D eigenvalue weighted by molar-refractivity contribution is 6.08. The first-order valence-corrected chi connectivity index (χ1v) is 9.91. The van der Waals surface area contributed by atoms with Crippen LogP contribution in [0.4, 0.5) is 10.5 Å². The first kappa shape index (κ1) is 19.2. The molecule has 9 heteroatoms. The van der Waals surface area contributed by atoms with Gasteiger partial charge in [-0.25, -0.2) is 9.79 Å². The van der Waals surface area contributed by atoms with E-state index in [4.69, 9.17) is 9.73 Å². The van der Waals surface area contributed by atoms with Crippen LogP contribution in [-0.4, -0.2) is 84.1 Å². The second-order valence-corrected chi connectivity index (χ2v) is 7.28. The van der Waals surface area contributed by atoms with Crippen LogP contribution in [0.5, 0.6) is 0 Å². The molecule has 1 aromatic carbocycles. The van der Waals surface area contributed by atoms with Crippen molar-refractivity contribution in [3.8, 4) is 0 Å². The molecule has 29 heavy (non-hydrogen) atoms. The molecule has 2 saturated heterocycles. The quantitative estimate of drug-likeness (QED) is 0.684. The summed E-state index contributed by atoms with van der Waals surface area (Å²) >= 11 is 0. The van der Waals surface area contributed by atoms with Gasteiger partial charge in [0, 0.05) is 25.8 Å². The summed E-state index contributed by atoms with van der Waals surface area (Å²) in [6.45, 7) is 4.93. The number of rotatable bonds is 5. The van der Waals surface area contributed by atoms with E-state index in [2.05, 4.69) is 36.1 Å². The van der Waals surface area contributed by atoms with Gasteiger partial charge < -0.3 is 19.4 Å². The van der Waals surface area contributed by atoms with E-state index in [1.54, 1.807) is 14.0 Å². The fraction of sp³-hybridized carbons (Fsp3) is 0.500. The number of aryl methyl sites for hydroxylation is 1. The lowest BCUT2D eigenvalue weighted by atomic mass is 10.1. The maximum absolute atomic E-state index is 13.1. The van der Waals surface area contributed by atoms with Gasteiger partial charge in [-0.1, -0.05) is 19.1 Å². The standard InChI is InChI=1S/C20H25N5O4/c1-4-13-6-8-14(9-7-13)23-10-11-24-16-17(21-19(23)24)22(3)20(28)25(18(16)27)12-15(26)29-5-2/h6-9,16-17H,4-5,10-12H2,1-3H3. The number of likely N-dealkylation sites (N-methyl/N-ethyl adjacent to an activating group) is 1. The zero-order valence-corrected chi connectivity index (χ0v) is 16.9. The predicted molar refractivity (Wildman–Crippen MR) is 106 cm³/mol. The molecule has 0 spiro atoms. The van der Waals surface area contributed by atoms with Gasteiger partial charge in [0.2, 0.25) is 5.96 Å². The van der Waals surface area contributed by atoms with Crippen molar-refractivity contribution in [1.82, 2.24) is 14.7 Å². The molecule has 2 unspecified atom stereocenters. The largest absolute Gasteiger partial charge is 0.465 e. The molecular formula is C20H25N5O4. The second-order valence-electron chi connectivity index (χ2n) is 7.28. The van der Waals surface area contributed by atoms with Gasteiger partial charge in [-0.2, -0.15) is 0 Å². The summed E-state index contributed by atoms with van der Waals surface area (Å²) in [5, 5.41) is 0. The lowest BCUT2D eigenvalue weighted by molar-refractivity contribution is -0.150. The van der Waals surface area contributed by atoms with Crippen LogP contribution in [0.1, 0.15) is 19.4 Å². The number of esters is 1. The van der Waals surface area contributed by atoms with Gasteiger partial charge in [0.05, 0.1) is 6.61 Å². The van der Waals surface area contributed by atoms with E-state index in [1.807, 2.05) is 4.90 Å². The molecule has 0 bridgehead atoms. The Morgan fingerprint density at radius 2 is 1.90 bits per heavy atom. The number of amides is 3. The number of fused-ring (bicyclic) bond motifs is 3. The van der Waals surface area contributed by atoms with Crippen molar-refractivity contribution >= 4 is 29.6 Å². The minimum atomic E-state index is -0.623. The fourth-order valence-electron chi connectivity index (χ4n) is 4.07. The lowest BCUT2D eigenvalue weighted by Gasteiger charge is -2.40. The summed E-state index contributed by atoms with van der Waals surface area (Å²) in [6, 6.07) is 7.12. The van der Waals surface area contributed by atoms with Gasteiger partial charge in [0.25, 0.3) is 5.91 Å². The average molecular weight is 399 g/mol. The topological polar surface area (TPSA) is 85.8 Å².